The number of aromatic nitrogens is 2. The molecule has 1 aliphatic rings. The molecule has 5 heteroatoms. The standard InChI is InChI=1S/C12H21N3O2/c1-16-6-5-14-7-11(10-17-2)8-15-12(9-14)3-4-13-15/h3-4,11H,5-10H2,1-2H3. The smallest absolute Gasteiger partial charge is 0.0589 e. The van der Waals surface area contributed by atoms with Crippen LogP contribution in [0.4, 0.5) is 0 Å². The second kappa shape index (κ2) is 6.14. The second-order valence-electron chi connectivity index (χ2n) is 4.55. The van der Waals surface area contributed by atoms with E-state index in [4.69, 9.17) is 9.47 Å². The van der Waals surface area contributed by atoms with Crippen LogP contribution in [0.5, 0.6) is 0 Å². The molecule has 1 aliphatic heterocycles. The van der Waals surface area contributed by atoms with Gasteiger partial charge in [-0.3, -0.25) is 9.58 Å². The number of hydrogen-bond donors (Lipinski definition) is 0. The zero-order valence-corrected chi connectivity index (χ0v) is 10.6. The number of nitrogens with zero attached hydrogens (tertiary/aromatic N) is 3. The molecule has 0 bridgehead atoms. The Labute approximate surface area is 102 Å². The molecule has 0 aliphatic carbocycles. The summed E-state index contributed by atoms with van der Waals surface area (Å²) in [4.78, 5) is 2.41. The first-order valence-electron chi connectivity index (χ1n) is 6.04. The Bertz CT molecular complexity index is 340. The topological polar surface area (TPSA) is 39.5 Å². The van der Waals surface area contributed by atoms with Crippen molar-refractivity contribution >= 4 is 0 Å². The van der Waals surface area contributed by atoms with Crippen LogP contribution in [0.1, 0.15) is 5.69 Å². The van der Waals surface area contributed by atoms with Crippen LogP contribution in [-0.4, -0.2) is 55.2 Å². The largest absolute Gasteiger partial charge is 0.384 e. The van der Waals surface area contributed by atoms with E-state index in [9.17, 15) is 0 Å². The monoisotopic (exact) mass is 239 g/mol. The summed E-state index contributed by atoms with van der Waals surface area (Å²) in [5, 5.41) is 4.37. The number of rotatable bonds is 5. The Kier molecular flexibility index (Phi) is 4.53. The summed E-state index contributed by atoms with van der Waals surface area (Å²) in [6.45, 7) is 5.45. The van der Waals surface area contributed by atoms with Crippen LogP contribution >= 0.6 is 0 Å². The van der Waals surface area contributed by atoms with E-state index >= 15 is 0 Å². The van der Waals surface area contributed by atoms with E-state index in [1.165, 1.54) is 5.69 Å². The summed E-state index contributed by atoms with van der Waals surface area (Å²) in [5.41, 5.74) is 1.28. The van der Waals surface area contributed by atoms with Crippen LogP contribution in [0.25, 0.3) is 0 Å². The minimum atomic E-state index is 0.498. The summed E-state index contributed by atoms with van der Waals surface area (Å²) in [5.74, 6) is 0.498. The van der Waals surface area contributed by atoms with Crippen molar-refractivity contribution in [2.75, 3.05) is 40.5 Å². The van der Waals surface area contributed by atoms with Gasteiger partial charge in [0.05, 0.1) is 18.9 Å². The van der Waals surface area contributed by atoms with Crippen molar-refractivity contribution in [2.24, 2.45) is 5.92 Å². The molecular weight excluding hydrogens is 218 g/mol. The van der Waals surface area contributed by atoms with Gasteiger partial charge in [-0.15, -0.1) is 0 Å². The minimum absolute atomic E-state index is 0.498. The maximum atomic E-state index is 5.28. The van der Waals surface area contributed by atoms with Crippen LogP contribution in [0, 0.1) is 5.92 Å². The molecule has 96 valence electrons. The lowest BCUT2D eigenvalue weighted by Crippen LogP contribution is -2.32. The van der Waals surface area contributed by atoms with Crippen LogP contribution in [-0.2, 0) is 22.6 Å². The number of methoxy groups -OCH3 is 2. The average Bonchev–Trinajstić information content (AvgIpc) is 2.67. The van der Waals surface area contributed by atoms with Crippen molar-refractivity contribution < 1.29 is 9.47 Å². The minimum Gasteiger partial charge on any atom is -0.384 e. The second-order valence-corrected chi connectivity index (χ2v) is 4.55. The maximum absolute atomic E-state index is 5.28. The molecule has 0 N–H and O–H groups in total. The van der Waals surface area contributed by atoms with Gasteiger partial charge in [-0.2, -0.15) is 5.10 Å². The van der Waals surface area contributed by atoms with Gasteiger partial charge in [0.25, 0.3) is 0 Å². The zero-order valence-electron chi connectivity index (χ0n) is 10.6. The number of hydrogen-bond acceptors (Lipinski definition) is 4. The quantitative estimate of drug-likeness (QED) is 0.754. The summed E-state index contributed by atoms with van der Waals surface area (Å²) >= 11 is 0. The molecule has 0 fully saturated rings. The van der Waals surface area contributed by atoms with Crippen molar-refractivity contribution in [3.63, 3.8) is 0 Å². The normalized spacial score (nSPS) is 21.2. The molecule has 0 spiro atoms. The molecule has 0 saturated heterocycles. The predicted molar refractivity (Wildman–Crippen MR) is 64.7 cm³/mol. The van der Waals surface area contributed by atoms with Crippen molar-refractivity contribution in [1.82, 2.24) is 14.7 Å². The fourth-order valence-corrected chi connectivity index (χ4v) is 2.35. The highest BCUT2D eigenvalue weighted by molar-refractivity contribution is 5.02. The Balaban J connectivity index is 2.04. The lowest BCUT2D eigenvalue weighted by Gasteiger charge is -2.22. The molecule has 0 amide bonds. The SMILES string of the molecule is COCCN1Cc2ccnn2CC(COC)C1. The van der Waals surface area contributed by atoms with E-state index in [-0.39, 0.29) is 0 Å². The van der Waals surface area contributed by atoms with Gasteiger partial charge in [0.2, 0.25) is 0 Å². The third-order valence-corrected chi connectivity index (χ3v) is 3.15. The van der Waals surface area contributed by atoms with E-state index < -0.39 is 0 Å². The van der Waals surface area contributed by atoms with Crippen LogP contribution in [0.3, 0.4) is 0 Å². The number of ether oxygens (including phenoxy) is 2. The summed E-state index contributed by atoms with van der Waals surface area (Å²) in [6, 6.07) is 2.09. The van der Waals surface area contributed by atoms with Gasteiger partial charge in [0.1, 0.15) is 0 Å². The fourth-order valence-electron chi connectivity index (χ4n) is 2.35. The summed E-state index contributed by atoms with van der Waals surface area (Å²) in [7, 11) is 3.50. The Morgan fingerprint density at radius 1 is 1.35 bits per heavy atom. The van der Waals surface area contributed by atoms with E-state index in [0.29, 0.717) is 5.92 Å². The molecule has 0 saturated carbocycles. The lowest BCUT2D eigenvalue weighted by atomic mass is 10.1. The van der Waals surface area contributed by atoms with Crippen molar-refractivity contribution in [2.45, 2.75) is 13.1 Å². The summed E-state index contributed by atoms with van der Waals surface area (Å²) in [6.07, 6.45) is 1.87. The van der Waals surface area contributed by atoms with Gasteiger partial charge < -0.3 is 9.47 Å². The maximum Gasteiger partial charge on any atom is 0.0589 e. The highest BCUT2D eigenvalue weighted by atomic mass is 16.5. The fraction of sp³-hybridized carbons (Fsp3) is 0.750. The van der Waals surface area contributed by atoms with Crippen LogP contribution < -0.4 is 0 Å². The van der Waals surface area contributed by atoms with E-state index in [1.807, 2.05) is 6.20 Å². The Morgan fingerprint density at radius 3 is 3.00 bits per heavy atom. The molecule has 1 aromatic rings. The molecule has 1 unspecified atom stereocenters. The molecule has 0 radical (unpaired) electrons. The molecule has 2 heterocycles. The molecule has 2 rings (SSSR count). The van der Waals surface area contributed by atoms with Crippen molar-refractivity contribution in [3.05, 3.63) is 18.0 Å². The highest BCUT2D eigenvalue weighted by Crippen LogP contribution is 2.15. The van der Waals surface area contributed by atoms with Crippen molar-refractivity contribution in [3.8, 4) is 0 Å². The predicted octanol–water partition coefficient (Wildman–Crippen LogP) is 0.608. The molecule has 5 nitrogen and oxygen atoms in total. The van der Waals surface area contributed by atoms with Gasteiger partial charge in [-0.25, -0.2) is 0 Å². The summed E-state index contributed by atoms with van der Waals surface area (Å²) < 4.78 is 12.5. The first kappa shape index (κ1) is 12.5. The Hall–Kier alpha value is -0.910. The van der Waals surface area contributed by atoms with Crippen LogP contribution in [0.2, 0.25) is 0 Å². The number of fused-ring (bicyclic) bond motifs is 1. The van der Waals surface area contributed by atoms with Gasteiger partial charge in [-0.05, 0) is 6.07 Å². The third-order valence-electron chi connectivity index (χ3n) is 3.15. The molecular formula is C12H21N3O2. The Morgan fingerprint density at radius 2 is 2.24 bits per heavy atom. The van der Waals surface area contributed by atoms with Gasteiger partial charge in [0, 0.05) is 52.5 Å². The van der Waals surface area contributed by atoms with E-state index in [2.05, 4.69) is 20.7 Å². The van der Waals surface area contributed by atoms with E-state index in [1.54, 1.807) is 14.2 Å². The molecule has 1 atom stereocenters. The lowest BCUT2D eigenvalue weighted by molar-refractivity contribution is 0.0982. The highest BCUT2D eigenvalue weighted by Gasteiger charge is 2.21. The average molecular weight is 239 g/mol. The molecule has 17 heavy (non-hydrogen) atoms. The first-order chi connectivity index (χ1) is 8.33. The van der Waals surface area contributed by atoms with Crippen molar-refractivity contribution in [1.29, 1.82) is 0 Å². The van der Waals surface area contributed by atoms with Gasteiger partial charge in [-0.1, -0.05) is 0 Å². The third kappa shape index (κ3) is 3.28. The first-order valence-corrected chi connectivity index (χ1v) is 6.04. The van der Waals surface area contributed by atoms with Crippen LogP contribution in [0.15, 0.2) is 12.3 Å². The van der Waals surface area contributed by atoms with E-state index in [0.717, 1.165) is 39.4 Å². The molecule has 1 aromatic heterocycles. The zero-order chi connectivity index (χ0) is 12.1. The molecule has 0 aromatic carbocycles. The van der Waals surface area contributed by atoms with Gasteiger partial charge in [0.15, 0.2) is 0 Å². The van der Waals surface area contributed by atoms with Gasteiger partial charge >= 0.3 is 0 Å².